The molecule has 0 spiro atoms. The van der Waals surface area contributed by atoms with Crippen LogP contribution in [0.3, 0.4) is 0 Å². The molecule has 0 aliphatic rings. The van der Waals surface area contributed by atoms with Crippen LogP contribution in [0.15, 0.2) is 64.2 Å². The Bertz CT molecular complexity index is 1520. The Morgan fingerprint density at radius 2 is 1.66 bits per heavy atom. The zero-order valence-electron chi connectivity index (χ0n) is 21.4. The molecule has 2 aromatic carbocycles. The lowest BCUT2D eigenvalue weighted by atomic mass is 10.1. The molecule has 0 saturated carbocycles. The highest BCUT2D eigenvalue weighted by molar-refractivity contribution is 5.82. The number of rotatable bonds is 11. The lowest BCUT2D eigenvalue weighted by Gasteiger charge is -2.13. The van der Waals surface area contributed by atoms with Crippen molar-refractivity contribution in [1.29, 1.82) is 0 Å². The molecule has 2 heterocycles. The summed E-state index contributed by atoms with van der Waals surface area (Å²) >= 11 is 0. The number of aryl methyl sites for hydroxylation is 1. The predicted octanol–water partition coefficient (Wildman–Crippen LogP) is 2.91. The molecule has 0 aliphatic carbocycles. The number of phenolic OH excluding ortho intramolecular Hbond substituents is 1. The number of hydrogen-bond acceptors (Lipinski definition) is 6. The summed E-state index contributed by atoms with van der Waals surface area (Å²) < 4.78 is 8.49. The van der Waals surface area contributed by atoms with E-state index in [1.165, 1.54) is 16.7 Å². The molecule has 1 amide bonds. The number of nitrogens with zero attached hydrogens (tertiary/aromatic N) is 2. The summed E-state index contributed by atoms with van der Waals surface area (Å²) in [5.74, 6) is 0.188. The van der Waals surface area contributed by atoms with Gasteiger partial charge in [-0.25, -0.2) is 4.79 Å². The van der Waals surface area contributed by atoms with E-state index in [1.807, 2.05) is 19.9 Å². The number of aliphatic hydroxyl groups is 1. The first-order valence-electron chi connectivity index (χ1n) is 12.7. The molecule has 200 valence electrons. The van der Waals surface area contributed by atoms with Crippen LogP contribution < -0.4 is 21.3 Å². The van der Waals surface area contributed by atoms with E-state index >= 15 is 0 Å². The average molecular weight is 521 g/mol. The number of hydrogen-bond donors (Lipinski definition) is 4. The number of benzene rings is 2. The number of aliphatic hydroxyl groups excluding tert-OH is 1. The Balaban J connectivity index is 1.42. The number of carbonyl (C=O) groups is 1. The van der Waals surface area contributed by atoms with E-state index in [-0.39, 0.29) is 36.1 Å². The Morgan fingerprint density at radius 3 is 2.32 bits per heavy atom. The third kappa shape index (κ3) is 5.81. The number of aromatic nitrogens is 3. The van der Waals surface area contributed by atoms with Crippen LogP contribution in [-0.4, -0.2) is 43.4 Å². The molecule has 4 N–H and O–H groups in total. The minimum Gasteiger partial charge on any atom is -0.508 e. The van der Waals surface area contributed by atoms with Crippen molar-refractivity contribution in [3.05, 3.63) is 81.0 Å². The first-order valence-corrected chi connectivity index (χ1v) is 12.7. The largest absolute Gasteiger partial charge is 0.508 e. The fourth-order valence-corrected chi connectivity index (χ4v) is 4.26. The first kappa shape index (κ1) is 26.7. The number of carbonyl (C=O) groups excluding carboxylic acids is 1. The molecule has 38 heavy (non-hydrogen) atoms. The highest BCUT2D eigenvalue weighted by atomic mass is 16.5. The molecule has 4 rings (SSSR count). The number of phenols is 1. The smallest absolute Gasteiger partial charge is 0.331 e. The highest BCUT2D eigenvalue weighted by Crippen LogP contribution is 2.24. The second-order valence-corrected chi connectivity index (χ2v) is 9.06. The molecule has 4 aromatic rings. The third-order valence-electron chi connectivity index (χ3n) is 6.21. The van der Waals surface area contributed by atoms with Crippen molar-refractivity contribution in [3.63, 3.8) is 0 Å². The van der Waals surface area contributed by atoms with Gasteiger partial charge in [-0.2, -0.15) is 0 Å². The second kappa shape index (κ2) is 11.8. The quantitative estimate of drug-likeness (QED) is 0.240. The number of fused-ring (bicyclic) bond motifs is 1. The molecule has 10 heteroatoms. The standard InChI is InChI=1S/C28H32N4O6/c1-3-13-31-23-15-22(30-26(23)27(36)32(14-4-2)28(31)37)18-7-11-21(12-8-18)38-17-25(35)29-16-24(34)19-5-9-20(33)10-6-19/h5-12,15,24,30,33-34H,3-4,13-14,16-17H2,1-2H3,(H,29,35). The van der Waals surface area contributed by atoms with Gasteiger partial charge in [0.15, 0.2) is 6.61 Å². The van der Waals surface area contributed by atoms with Gasteiger partial charge in [0, 0.05) is 25.3 Å². The maximum atomic E-state index is 13.0. The number of aromatic amines is 1. The molecule has 0 bridgehead atoms. The van der Waals surface area contributed by atoms with Crippen LogP contribution in [0.2, 0.25) is 0 Å². The molecule has 2 aromatic heterocycles. The van der Waals surface area contributed by atoms with Crippen molar-refractivity contribution in [3.8, 4) is 22.8 Å². The van der Waals surface area contributed by atoms with Gasteiger partial charge < -0.3 is 25.3 Å². The molecular weight excluding hydrogens is 488 g/mol. The molecule has 0 fully saturated rings. The zero-order valence-corrected chi connectivity index (χ0v) is 21.4. The average Bonchev–Trinajstić information content (AvgIpc) is 3.37. The van der Waals surface area contributed by atoms with Crippen LogP contribution in [0.5, 0.6) is 11.5 Å². The van der Waals surface area contributed by atoms with Gasteiger partial charge in [-0.15, -0.1) is 0 Å². The molecule has 0 saturated heterocycles. The van der Waals surface area contributed by atoms with E-state index in [1.54, 1.807) is 41.0 Å². The Labute approximate surface area is 219 Å². The molecule has 1 atom stereocenters. The van der Waals surface area contributed by atoms with Gasteiger partial charge in [0.25, 0.3) is 11.5 Å². The van der Waals surface area contributed by atoms with Crippen LogP contribution in [0.25, 0.3) is 22.3 Å². The van der Waals surface area contributed by atoms with Gasteiger partial charge in [-0.1, -0.05) is 26.0 Å². The Kier molecular flexibility index (Phi) is 8.32. The summed E-state index contributed by atoms with van der Waals surface area (Å²) in [6.07, 6.45) is 0.531. The Hall–Kier alpha value is -4.31. The number of ether oxygens (including phenoxy) is 1. The van der Waals surface area contributed by atoms with Crippen molar-refractivity contribution < 1.29 is 19.7 Å². The summed E-state index contributed by atoms with van der Waals surface area (Å²) in [7, 11) is 0. The summed E-state index contributed by atoms with van der Waals surface area (Å²) in [6, 6.07) is 15.0. The zero-order chi connectivity index (χ0) is 27.2. The monoisotopic (exact) mass is 520 g/mol. The number of H-pyrrole nitrogens is 1. The van der Waals surface area contributed by atoms with Crippen LogP contribution in [0.4, 0.5) is 0 Å². The molecule has 0 aliphatic heterocycles. The summed E-state index contributed by atoms with van der Waals surface area (Å²) in [4.78, 5) is 41.2. The van der Waals surface area contributed by atoms with Gasteiger partial charge in [-0.05, 0) is 66.4 Å². The van der Waals surface area contributed by atoms with E-state index in [0.717, 1.165) is 12.0 Å². The third-order valence-corrected chi connectivity index (χ3v) is 6.21. The molecule has 1 unspecified atom stereocenters. The number of aromatic hydroxyl groups is 1. The van der Waals surface area contributed by atoms with Gasteiger partial charge in [-0.3, -0.25) is 18.7 Å². The van der Waals surface area contributed by atoms with Crippen LogP contribution in [-0.2, 0) is 17.9 Å². The van der Waals surface area contributed by atoms with Crippen molar-refractivity contribution in [2.45, 2.75) is 45.9 Å². The highest BCUT2D eigenvalue weighted by Gasteiger charge is 2.16. The second-order valence-electron chi connectivity index (χ2n) is 9.06. The molecule has 10 nitrogen and oxygen atoms in total. The van der Waals surface area contributed by atoms with Crippen molar-refractivity contribution >= 4 is 16.9 Å². The molecular formula is C28H32N4O6. The summed E-state index contributed by atoms with van der Waals surface area (Å²) in [5, 5.41) is 22.1. The van der Waals surface area contributed by atoms with E-state index < -0.39 is 6.10 Å². The van der Waals surface area contributed by atoms with E-state index in [0.29, 0.717) is 47.6 Å². The number of nitrogens with one attached hydrogen (secondary N) is 2. The van der Waals surface area contributed by atoms with E-state index in [9.17, 15) is 24.6 Å². The summed E-state index contributed by atoms with van der Waals surface area (Å²) in [6.45, 7) is 4.56. The minimum atomic E-state index is -0.907. The van der Waals surface area contributed by atoms with E-state index in [4.69, 9.17) is 4.74 Å². The Morgan fingerprint density at radius 1 is 1.00 bits per heavy atom. The topological polar surface area (TPSA) is 139 Å². The normalized spacial score (nSPS) is 12.0. The SMILES string of the molecule is CCCn1c(=O)c2[nH]c(-c3ccc(OCC(=O)NCC(O)c4ccc(O)cc4)cc3)cc2n(CCC)c1=O. The van der Waals surface area contributed by atoms with Crippen molar-refractivity contribution in [2.75, 3.05) is 13.2 Å². The van der Waals surface area contributed by atoms with E-state index in [2.05, 4.69) is 10.3 Å². The fraction of sp³-hybridized carbons (Fsp3) is 0.321. The van der Waals surface area contributed by atoms with Crippen LogP contribution >= 0.6 is 0 Å². The fourth-order valence-electron chi connectivity index (χ4n) is 4.26. The van der Waals surface area contributed by atoms with Crippen molar-refractivity contribution in [1.82, 2.24) is 19.4 Å². The lowest BCUT2D eigenvalue weighted by molar-refractivity contribution is -0.123. The predicted molar refractivity (Wildman–Crippen MR) is 144 cm³/mol. The van der Waals surface area contributed by atoms with Crippen LogP contribution in [0, 0.1) is 0 Å². The maximum Gasteiger partial charge on any atom is 0.331 e. The van der Waals surface area contributed by atoms with Gasteiger partial charge in [0.2, 0.25) is 0 Å². The molecule has 0 radical (unpaired) electrons. The van der Waals surface area contributed by atoms with Crippen molar-refractivity contribution in [2.24, 2.45) is 0 Å². The summed E-state index contributed by atoms with van der Waals surface area (Å²) in [5.41, 5.74) is 2.42. The first-order chi connectivity index (χ1) is 18.3. The maximum absolute atomic E-state index is 13.0. The minimum absolute atomic E-state index is 0.00928. The van der Waals surface area contributed by atoms with Crippen LogP contribution in [0.1, 0.15) is 38.4 Å². The van der Waals surface area contributed by atoms with Gasteiger partial charge in [0.1, 0.15) is 17.0 Å². The van der Waals surface area contributed by atoms with Gasteiger partial charge in [0.05, 0.1) is 11.6 Å². The van der Waals surface area contributed by atoms with Gasteiger partial charge >= 0.3 is 5.69 Å². The number of amides is 1. The lowest BCUT2D eigenvalue weighted by Crippen LogP contribution is -2.39.